The van der Waals surface area contributed by atoms with Gasteiger partial charge in [0.25, 0.3) is 5.91 Å². The first-order chi connectivity index (χ1) is 11.6. The molecule has 0 unspecified atom stereocenters. The van der Waals surface area contributed by atoms with Crippen molar-refractivity contribution in [3.8, 4) is 0 Å². The highest BCUT2D eigenvalue weighted by Gasteiger charge is 2.49. The Morgan fingerprint density at radius 2 is 2.17 bits per heavy atom. The van der Waals surface area contributed by atoms with Gasteiger partial charge in [0.15, 0.2) is 0 Å². The SMILES string of the molecule is Cc1ccc(C(=O)N2C[C@@H](c3cnn(C)c3)C3(CCOCC3)C2)s1. The monoisotopic (exact) mass is 345 g/mol. The van der Waals surface area contributed by atoms with Crippen LogP contribution in [0.2, 0.25) is 0 Å². The zero-order valence-corrected chi connectivity index (χ0v) is 15.0. The lowest BCUT2D eigenvalue weighted by Crippen LogP contribution is -2.37. The zero-order chi connectivity index (χ0) is 16.7. The number of hydrogen-bond acceptors (Lipinski definition) is 4. The van der Waals surface area contributed by atoms with Crippen LogP contribution in [0.25, 0.3) is 0 Å². The molecule has 1 atom stereocenters. The molecule has 24 heavy (non-hydrogen) atoms. The van der Waals surface area contributed by atoms with E-state index in [2.05, 4.69) is 11.3 Å². The van der Waals surface area contributed by atoms with E-state index in [-0.39, 0.29) is 11.3 Å². The molecule has 0 aromatic carbocycles. The van der Waals surface area contributed by atoms with Gasteiger partial charge in [0.05, 0.1) is 11.1 Å². The van der Waals surface area contributed by atoms with Gasteiger partial charge in [0.1, 0.15) is 0 Å². The number of rotatable bonds is 2. The van der Waals surface area contributed by atoms with E-state index in [1.54, 1.807) is 11.3 Å². The first-order valence-corrected chi connectivity index (χ1v) is 9.31. The number of likely N-dealkylation sites (tertiary alicyclic amines) is 1. The van der Waals surface area contributed by atoms with Crippen LogP contribution in [0.4, 0.5) is 0 Å². The van der Waals surface area contributed by atoms with Crippen molar-refractivity contribution in [3.05, 3.63) is 39.8 Å². The largest absolute Gasteiger partial charge is 0.381 e. The standard InChI is InChI=1S/C18H23N3O2S/c1-13-3-4-16(24-13)17(22)21-11-15(14-9-19-20(2)10-14)18(12-21)5-7-23-8-6-18/h3-4,9-10,15H,5-8,11-12H2,1-2H3/t15-/m0/s1. The molecule has 2 aromatic heterocycles. The minimum absolute atomic E-state index is 0.128. The maximum atomic E-state index is 13.0. The predicted octanol–water partition coefficient (Wildman–Crippen LogP) is 2.83. The lowest BCUT2D eigenvalue weighted by molar-refractivity contribution is 0.0121. The van der Waals surface area contributed by atoms with Gasteiger partial charge in [0, 0.05) is 55.8 Å². The first kappa shape index (κ1) is 15.8. The molecule has 1 spiro atoms. The molecule has 4 rings (SSSR count). The quantitative estimate of drug-likeness (QED) is 0.841. The fourth-order valence-electron chi connectivity index (χ4n) is 4.19. The van der Waals surface area contributed by atoms with Crippen LogP contribution in [0.3, 0.4) is 0 Å². The molecule has 4 heterocycles. The van der Waals surface area contributed by atoms with E-state index in [1.165, 1.54) is 10.4 Å². The summed E-state index contributed by atoms with van der Waals surface area (Å²) in [4.78, 5) is 17.0. The van der Waals surface area contributed by atoms with Crippen LogP contribution < -0.4 is 0 Å². The number of carbonyl (C=O) groups excluding carboxylic acids is 1. The van der Waals surface area contributed by atoms with Crippen LogP contribution in [0.5, 0.6) is 0 Å². The second kappa shape index (κ2) is 6.01. The highest BCUT2D eigenvalue weighted by atomic mass is 32.1. The van der Waals surface area contributed by atoms with Crippen LogP contribution in [0, 0.1) is 12.3 Å². The Labute approximate surface area is 146 Å². The highest BCUT2D eigenvalue weighted by Crippen LogP contribution is 2.49. The zero-order valence-electron chi connectivity index (χ0n) is 14.2. The van der Waals surface area contributed by atoms with E-state index in [1.807, 2.05) is 41.9 Å². The molecule has 2 aliphatic heterocycles. The molecule has 0 saturated carbocycles. The van der Waals surface area contributed by atoms with Crippen LogP contribution in [0.1, 0.15) is 38.9 Å². The van der Waals surface area contributed by atoms with Gasteiger partial charge in [-0.2, -0.15) is 5.10 Å². The Hall–Kier alpha value is -1.66. The Morgan fingerprint density at radius 1 is 1.38 bits per heavy atom. The molecule has 2 aromatic rings. The smallest absolute Gasteiger partial charge is 0.263 e. The summed E-state index contributed by atoms with van der Waals surface area (Å²) in [5.41, 5.74) is 1.38. The maximum absolute atomic E-state index is 13.0. The third-order valence-electron chi connectivity index (χ3n) is 5.50. The normalized spacial score (nSPS) is 23.1. The summed E-state index contributed by atoms with van der Waals surface area (Å²) in [7, 11) is 1.95. The summed E-state index contributed by atoms with van der Waals surface area (Å²) in [5.74, 6) is 0.519. The van der Waals surface area contributed by atoms with E-state index in [0.717, 1.165) is 44.0 Å². The van der Waals surface area contributed by atoms with E-state index < -0.39 is 0 Å². The fourth-order valence-corrected chi connectivity index (χ4v) is 5.03. The molecule has 0 radical (unpaired) electrons. The third-order valence-corrected chi connectivity index (χ3v) is 6.49. The third kappa shape index (κ3) is 2.67. The number of hydrogen-bond donors (Lipinski definition) is 0. The molecular weight excluding hydrogens is 322 g/mol. The van der Waals surface area contributed by atoms with Crippen molar-refractivity contribution in [3.63, 3.8) is 0 Å². The summed E-state index contributed by atoms with van der Waals surface area (Å²) in [6.07, 6.45) is 6.09. The van der Waals surface area contributed by atoms with E-state index in [4.69, 9.17) is 4.74 Å². The maximum Gasteiger partial charge on any atom is 0.263 e. The summed E-state index contributed by atoms with van der Waals surface area (Å²) in [6.45, 7) is 5.23. The molecule has 6 heteroatoms. The van der Waals surface area contributed by atoms with Crippen LogP contribution in [-0.4, -0.2) is 46.9 Å². The van der Waals surface area contributed by atoms with Crippen molar-refractivity contribution in [2.75, 3.05) is 26.3 Å². The number of amides is 1. The Kier molecular flexibility index (Phi) is 3.96. The number of aromatic nitrogens is 2. The Bertz CT molecular complexity index is 745. The van der Waals surface area contributed by atoms with Gasteiger partial charge in [-0.05, 0) is 37.5 Å². The Balaban J connectivity index is 1.64. The van der Waals surface area contributed by atoms with Crippen molar-refractivity contribution >= 4 is 17.2 Å². The van der Waals surface area contributed by atoms with E-state index in [0.29, 0.717) is 5.92 Å². The summed E-state index contributed by atoms with van der Waals surface area (Å²) < 4.78 is 7.46. The topological polar surface area (TPSA) is 47.4 Å². The lowest BCUT2D eigenvalue weighted by atomic mass is 9.70. The average Bonchev–Trinajstić information content (AvgIpc) is 3.27. The summed E-state index contributed by atoms with van der Waals surface area (Å²) in [6, 6.07) is 3.98. The van der Waals surface area contributed by atoms with E-state index >= 15 is 0 Å². The van der Waals surface area contributed by atoms with Gasteiger partial charge in [-0.3, -0.25) is 9.48 Å². The molecule has 5 nitrogen and oxygen atoms in total. The molecule has 2 saturated heterocycles. The highest BCUT2D eigenvalue weighted by molar-refractivity contribution is 7.13. The second-order valence-electron chi connectivity index (χ2n) is 7.07. The minimum Gasteiger partial charge on any atom is -0.381 e. The van der Waals surface area contributed by atoms with Gasteiger partial charge in [-0.15, -0.1) is 11.3 Å². The number of aryl methyl sites for hydroxylation is 2. The molecule has 2 fully saturated rings. The first-order valence-electron chi connectivity index (χ1n) is 8.49. The van der Waals surface area contributed by atoms with Gasteiger partial charge in [-0.25, -0.2) is 0 Å². The van der Waals surface area contributed by atoms with Gasteiger partial charge in [-0.1, -0.05) is 0 Å². The molecule has 2 aliphatic rings. The minimum atomic E-state index is 0.128. The molecular formula is C18H23N3O2S. The predicted molar refractivity (Wildman–Crippen MR) is 93.4 cm³/mol. The number of carbonyl (C=O) groups is 1. The van der Waals surface area contributed by atoms with Crippen molar-refractivity contribution < 1.29 is 9.53 Å². The Morgan fingerprint density at radius 3 is 2.79 bits per heavy atom. The van der Waals surface area contributed by atoms with Crippen molar-refractivity contribution in [1.82, 2.24) is 14.7 Å². The van der Waals surface area contributed by atoms with Crippen molar-refractivity contribution in [2.24, 2.45) is 12.5 Å². The van der Waals surface area contributed by atoms with Crippen molar-refractivity contribution in [1.29, 1.82) is 0 Å². The number of ether oxygens (including phenoxy) is 1. The fraction of sp³-hybridized carbons (Fsp3) is 0.556. The van der Waals surface area contributed by atoms with Gasteiger partial charge < -0.3 is 9.64 Å². The van der Waals surface area contributed by atoms with Crippen LogP contribution >= 0.6 is 11.3 Å². The molecule has 1 amide bonds. The van der Waals surface area contributed by atoms with Crippen LogP contribution in [-0.2, 0) is 11.8 Å². The van der Waals surface area contributed by atoms with Crippen molar-refractivity contribution in [2.45, 2.75) is 25.7 Å². The molecule has 0 N–H and O–H groups in total. The van der Waals surface area contributed by atoms with Gasteiger partial charge >= 0.3 is 0 Å². The summed E-state index contributed by atoms with van der Waals surface area (Å²) >= 11 is 1.59. The second-order valence-corrected chi connectivity index (χ2v) is 8.36. The van der Waals surface area contributed by atoms with E-state index in [9.17, 15) is 4.79 Å². The number of thiophene rings is 1. The molecule has 0 aliphatic carbocycles. The number of nitrogens with zero attached hydrogens (tertiary/aromatic N) is 3. The van der Waals surface area contributed by atoms with Crippen LogP contribution in [0.15, 0.2) is 24.5 Å². The molecule has 0 bridgehead atoms. The van der Waals surface area contributed by atoms with Gasteiger partial charge in [0.2, 0.25) is 0 Å². The summed E-state index contributed by atoms with van der Waals surface area (Å²) in [5, 5.41) is 4.35. The lowest BCUT2D eigenvalue weighted by Gasteiger charge is -2.37. The molecule has 128 valence electrons. The average molecular weight is 345 g/mol.